The first-order valence-electron chi connectivity index (χ1n) is 16.3. The number of carbonyl (C=O) groups excluding carboxylic acids is 2. The zero-order chi connectivity index (χ0) is 33.1. The highest BCUT2D eigenvalue weighted by Gasteiger charge is 2.24. The van der Waals surface area contributed by atoms with Crippen molar-refractivity contribution in [2.75, 3.05) is 26.2 Å². The molecule has 1 aliphatic heterocycles. The first kappa shape index (κ1) is 32.8. The Hall–Kier alpha value is -5.15. The number of benzene rings is 4. The second-order valence-corrected chi connectivity index (χ2v) is 11.8. The fourth-order valence-corrected chi connectivity index (χ4v) is 5.98. The molecule has 244 valence electrons. The molecule has 8 heteroatoms. The van der Waals surface area contributed by atoms with Crippen LogP contribution in [0.3, 0.4) is 0 Å². The SMILES string of the molecule is O=C(C=CC(=O)c1cc(OC(O)c2cccnc2)cc2ccccc12)NCCN1CCC(OC(c2ccccc2)c2ccccc2)CC1. The Morgan fingerprint density at radius 1 is 0.854 bits per heavy atom. The van der Waals surface area contributed by atoms with E-state index < -0.39 is 6.29 Å². The Morgan fingerprint density at radius 3 is 2.21 bits per heavy atom. The molecule has 2 N–H and O–H groups in total. The van der Waals surface area contributed by atoms with Crippen molar-refractivity contribution >= 4 is 22.5 Å². The first-order valence-corrected chi connectivity index (χ1v) is 16.3. The van der Waals surface area contributed by atoms with Crippen LogP contribution < -0.4 is 10.1 Å². The van der Waals surface area contributed by atoms with Crippen LogP contribution in [0.15, 0.2) is 134 Å². The van der Waals surface area contributed by atoms with Crippen molar-refractivity contribution < 1.29 is 24.2 Å². The highest BCUT2D eigenvalue weighted by atomic mass is 16.6. The van der Waals surface area contributed by atoms with Gasteiger partial charge in [-0.15, -0.1) is 0 Å². The van der Waals surface area contributed by atoms with E-state index in [-0.39, 0.29) is 23.9 Å². The number of aliphatic hydroxyl groups excluding tert-OH is 1. The third-order valence-electron chi connectivity index (χ3n) is 8.50. The van der Waals surface area contributed by atoms with Crippen molar-refractivity contribution in [3.63, 3.8) is 0 Å². The van der Waals surface area contributed by atoms with Gasteiger partial charge in [-0.25, -0.2) is 0 Å². The molecule has 4 aromatic carbocycles. The van der Waals surface area contributed by atoms with Crippen molar-refractivity contribution in [2.45, 2.75) is 31.3 Å². The van der Waals surface area contributed by atoms with Gasteiger partial charge < -0.3 is 24.8 Å². The fourth-order valence-electron chi connectivity index (χ4n) is 5.98. The standard InChI is InChI=1S/C40H39N3O5/c44-37(36-27-34(26-31-14-7-8-16-35(31)36)48-40(46)32-15-9-21-41-28-32)17-18-38(45)42-22-25-43-23-19-33(20-24-43)47-39(29-10-3-1-4-11-29)30-12-5-2-6-13-30/h1-18,21,26-28,33,39-40,46H,19-20,22-25H2,(H,42,45). The lowest BCUT2D eigenvalue weighted by molar-refractivity contribution is -0.116. The third kappa shape index (κ3) is 8.60. The van der Waals surface area contributed by atoms with Crippen LogP contribution in [0.5, 0.6) is 5.75 Å². The molecule has 1 unspecified atom stereocenters. The van der Waals surface area contributed by atoms with Crippen molar-refractivity contribution in [3.8, 4) is 5.75 Å². The molecule has 48 heavy (non-hydrogen) atoms. The van der Waals surface area contributed by atoms with Gasteiger partial charge in [0.2, 0.25) is 12.2 Å². The Kier molecular flexibility index (Phi) is 11.0. The van der Waals surface area contributed by atoms with Gasteiger partial charge in [0, 0.05) is 55.8 Å². The molecular formula is C40H39N3O5. The molecule has 1 aliphatic rings. The first-order chi connectivity index (χ1) is 23.5. The number of ether oxygens (including phenoxy) is 2. The number of nitrogens with one attached hydrogen (secondary N) is 1. The number of amides is 1. The number of hydrogen-bond acceptors (Lipinski definition) is 7. The summed E-state index contributed by atoms with van der Waals surface area (Å²) in [5, 5.41) is 14.9. The summed E-state index contributed by atoms with van der Waals surface area (Å²) < 4.78 is 12.4. The molecule has 1 amide bonds. The lowest BCUT2D eigenvalue weighted by Gasteiger charge is -2.34. The summed E-state index contributed by atoms with van der Waals surface area (Å²) in [6.07, 6.45) is 6.28. The molecule has 0 radical (unpaired) electrons. The Bertz CT molecular complexity index is 1780. The van der Waals surface area contributed by atoms with Crippen LogP contribution in [0.1, 0.15) is 52.3 Å². The number of nitrogens with zero attached hydrogens (tertiary/aromatic N) is 2. The molecule has 0 saturated carbocycles. The predicted molar refractivity (Wildman–Crippen MR) is 186 cm³/mol. The summed E-state index contributed by atoms with van der Waals surface area (Å²) in [4.78, 5) is 32.2. The number of fused-ring (bicyclic) bond motifs is 1. The summed E-state index contributed by atoms with van der Waals surface area (Å²) in [5.41, 5.74) is 3.16. The normalized spacial score (nSPS) is 14.7. The minimum Gasteiger partial charge on any atom is -0.461 e. The molecule has 0 bridgehead atoms. The van der Waals surface area contributed by atoms with Crippen LogP contribution in [0.25, 0.3) is 10.8 Å². The quantitative estimate of drug-likeness (QED) is 0.0868. The van der Waals surface area contributed by atoms with Gasteiger partial charge in [0.25, 0.3) is 0 Å². The number of piperidine rings is 1. The molecule has 1 aromatic heterocycles. The summed E-state index contributed by atoms with van der Waals surface area (Å²) in [6.45, 7) is 2.95. The van der Waals surface area contributed by atoms with Gasteiger partial charge in [-0.1, -0.05) is 84.9 Å². The number of allylic oxidation sites excluding steroid dienone is 1. The average Bonchev–Trinajstić information content (AvgIpc) is 3.14. The Labute approximate surface area is 280 Å². The molecule has 8 nitrogen and oxygen atoms in total. The predicted octanol–water partition coefficient (Wildman–Crippen LogP) is 6.43. The van der Waals surface area contributed by atoms with Crippen LogP contribution in [0.4, 0.5) is 0 Å². The van der Waals surface area contributed by atoms with Crippen molar-refractivity contribution in [3.05, 3.63) is 156 Å². The minimum atomic E-state index is -1.25. The topological polar surface area (TPSA) is 101 Å². The summed E-state index contributed by atoms with van der Waals surface area (Å²) >= 11 is 0. The van der Waals surface area contributed by atoms with Crippen molar-refractivity contribution in [1.82, 2.24) is 15.2 Å². The maximum Gasteiger partial charge on any atom is 0.244 e. The summed E-state index contributed by atoms with van der Waals surface area (Å²) in [5.74, 6) is -0.344. The van der Waals surface area contributed by atoms with E-state index in [0.717, 1.165) is 47.8 Å². The molecule has 1 fully saturated rings. The van der Waals surface area contributed by atoms with Gasteiger partial charge in [0.05, 0.1) is 6.10 Å². The monoisotopic (exact) mass is 641 g/mol. The van der Waals surface area contributed by atoms with E-state index in [2.05, 4.69) is 39.5 Å². The number of aromatic nitrogens is 1. The lowest BCUT2D eigenvalue weighted by atomic mass is 10.00. The third-order valence-corrected chi connectivity index (χ3v) is 8.50. The lowest BCUT2D eigenvalue weighted by Crippen LogP contribution is -2.41. The molecule has 1 saturated heterocycles. The molecule has 5 aromatic rings. The van der Waals surface area contributed by atoms with Crippen molar-refractivity contribution in [1.29, 1.82) is 0 Å². The van der Waals surface area contributed by atoms with E-state index in [1.54, 1.807) is 30.5 Å². The maximum absolute atomic E-state index is 13.3. The number of carbonyl (C=O) groups is 2. The summed E-state index contributed by atoms with van der Waals surface area (Å²) in [7, 11) is 0. The second-order valence-electron chi connectivity index (χ2n) is 11.8. The van der Waals surface area contributed by atoms with Crippen LogP contribution in [0.2, 0.25) is 0 Å². The van der Waals surface area contributed by atoms with Gasteiger partial charge in [-0.05, 0) is 65.1 Å². The number of aliphatic hydroxyl groups is 1. The largest absolute Gasteiger partial charge is 0.461 e. The van der Waals surface area contributed by atoms with Crippen LogP contribution in [-0.4, -0.2) is 59.0 Å². The van der Waals surface area contributed by atoms with E-state index in [4.69, 9.17) is 9.47 Å². The van der Waals surface area contributed by atoms with Gasteiger partial charge in [0.15, 0.2) is 5.78 Å². The highest BCUT2D eigenvalue weighted by Crippen LogP contribution is 2.31. The second kappa shape index (κ2) is 16.1. The highest BCUT2D eigenvalue weighted by molar-refractivity contribution is 6.15. The number of rotatable bonds is 13. The number of ketones is 1. The van der Waals surface area contributed by atoms with E-state index in [0.29, 0.717) is 30.0 Å². The van der Waals surface area contributed by atoms with E-state index in [1.807, 2.05) is 60.7 Å². The van der Waals surface area contributed by atoms with Gasteiger partial charge in [0.1, 0.15) is 11.9 Å². The van der Waals surface area contributed by atoms with Gasteiger partial charge >= 0.3 is 0 Å². The number of likely N-dealkylation sites (tertiary alicyclic amines) is 1. The fraction of sp³-hybridized carbons (Fsp3) is 0.225. The summed E-state index contributed by atoms with van der Waals surface area (Å²) in [6, 6.07) is 34.9. The van der Waals surface area contributed by atoms with Gasteiger partial charge in [-0.2, -0.15) is 0 Å². The zero-order valence-electron chi connectivity index (χ0n) is 26.7. The van der Waals surface area contributed by atoms with Gasteiger partial charge in [-0.3, -0.25) is 14.6 Å². The van der Waals surface area contributed by atoms with E-state index in [9.17, 15) is 14.7 Å². The molecule has 2 heterocycles. The van der Waals surface area contributed by atoms with Crippen LogP contribution in [0, 0.1) is 0 Å². The Morgan fingerprint density at radius 2 is 1.52 bits per heavy atom. The number of hydrogen-bond donors (Lipinski definition) is 2. The zero-order valence-corrected chi connectivity index (χ0v) is 26.7. The molecule has 0 aliphatic carbocycles. The molecule has 1 atom stereocenters. The molecule has 0 spiro atoms. The van der Waals surface area contributed by atoms with E-state index in [1.165, 1.54) is 18.3 Å². The van der Waals surface area contributed by atoms with Crippen LogP contribution in [-0.2, 0) is 9.53 Å². The number of pyridine rings is 1. The Balaban J connectivity index is 0.992. The average molecular weight is 642 g/mol. The smallest absolute Gasteiger partial charge is 0.244 e. The van der Waals surface area contributed by atoms with Crippen LogP contribution >= 0.6 is 0 Å². The molecular weight excluding hydrogens is 602 g/mol. The van der Waals surface area contributed by atoms with Crippen molar-refractivity contribution in [2.24, 2.45) is 0 Å². The molecule has 6 rings (SSSR count). The minimum absolute atomic E-state index is 0.107. The maximum atomic E-state index is 13.3. The van der Waals surface area contributed by atoms with E-state index >= 15 is 0 Å².